The minimum absolute atomic E-state index is 0. The van der Waals surface area contributed by atoms with Gasteiger partial charge in [-0.2, -0.15) is 0 Å². The molecule has 0 saturated carbocycles. The average molecular weight is 330 g/mol. The van der Waals surface area contributed by atoms with Crippen molar-refractivity contribution in [2.24, 2.45) is 11.7 Å². The maximum Gasteiger partial charge on any atom is 0.238 e. The lowest BCUT2D eigenvalue weighted by molar-refractivity contribution is -0.118. The molecule has 4 nitrogen and oxygen atoms in total. The van der Waals surface area contributed by atoms with Gasteiger partial charge in [-0.3, -0.25) is 9.69 Å². The van der Waals surface area contributed by atoms with Crippen LogP contribution < -0.4 is 11.1 Å². The summed E-state index contributed by atoms with van der Waals surface area (Å²) in [4.78, 5) is 14.3. The van der Waals surface area contributed by atoms with Crippen LogP contribution in [0.5, 0.6) is 0 Å². The van der Waals surface area contributed by atoms with E-state index in [9.17, 15) is 9.18 Å². The summed E-state index contributed by atoms with van der Waals surface area (Å²) >= 11 is 0. The minimum atomic E-state index is -0.306. The van der Waals surface area contributed by atoms with E-state index in [0.29, 0.717) is 30.3 Å². The van der Waals surface area contributed by atoms with Crippen molar-refractivity contribution < 1.29 is 9.18 Å². The zero-order chi connectivity index (χ0) is 15.4. The van der Waals surface area contributed by atoms with Gasteiger partial charge in [0.2, 0.25) is 5.91 Å². The van der Waals surface area contributed by atoms with Gasteiger partial charge in [0, 0.05) is 18.3 Å². The number of carbonyl (C=O) groups excluding carboxylic acids is 1. The monoisotopic (exact) mass is 329 g/mol. The SMILES string of the molecule is Cc1ccc(NC(=O)CN2CCCC(C)C2CN)cc1F.Cl. The Balaban J connectivity index is 0.00000242. The van der Waals surface area contributed by atoms with Crippen LogP contribution in [0.25, 0.3) is 0 Å². The molecule has 2 atom stereocenters. The van der Waals surface area contributed by atoms with Crippen LogP contribution in [0.1, 0.15) is 25.3 Å². The number of nitrogens with one attached hydrogen (secondary N) is 1. The highest BCUT2D eigenvalue weighted by Gasteiger charge is 2.28. The van der Waals surface area contributed by atoms with Crippen LogP contribution >= 0.6 is 12.4 Å². The number of hydrogen-bond acceptors (Lipinski definition) is 3. The molecule has 22 heavy (non-hydrogen) atoms. The molecule has 2 rings (SSSR count). The van der Waals surface area contributed by atoms with Crippen molar-refractivity contribution in [3.05, 3.63) is 29.6 Å². The van der Waals surface area contributed by atoms with E-state index in [1.807, 2.05) is 0 Å². The Bertz CT molecular complexity index is 512. The third kappa shape index (κ3) is 4.66. The molecule has 1 aromatic rings. The maximum atomic E-state index is 13.5. The largest absolute Gasteiger partial charge is 0.329 e. The number of nitrogens with zero attached hydrogens (tertiary/aromatic N) is 1. The van der Waals surface area contributed by atoms with E-state index in [1.165, 1.54) is 6.07 Å². The predicted octanol–water partition coefficient (Wildman–Crippen LogP) is 2.55. The van der Waals surface area contributed by atoms with Gasteiger partial charge in [-0.25, -0.2) is 4.39 Å². The fraction of sp³-hybridized carbons (Fsp3) is 0.562. The molecule has 0 aliphatic carbocycles. The second kappa shape index (κ2) is 8.46. The van der Waals surface area contributed by atoms with E-state index >= 15 is 0 Å². The first-order valence-electron chi connectivity index (χ1n) is 7.51. The van der Waals surface area contributed by atoms with Crippen molar-refractivity contribution in [1.82, 2.24) is 4.90 Å². The molecule has 3 N–H and O–H groups in total. The molecule has 6 heteroatoms. The topological polar surface area (TPSA) is 58.4 Å². The standard InChI is InChI=1S/C16H24FN3O.ClH/c1-11-5-6-13(8-14(11)17)19-16(21)10-20-7-3-4-12(2)15(20)9-18;/h5-6,8,12,15H,3-4,7,9-10,18H2,1-2H3,(H,19,21);1H. The number of nitrogens with two attached hydrogens (primary N) is 1. The van der Waals surface area contributed by atoms with Crippen molar-refractivity contribution in [1.29, 1.82) is 0 Å². The molecular formula is C16H25ClFN3O. The van der Waals surface area contributed by atoms with Gasteiger partial charge in [-0.05, 0) is 49.9 Å². The van der Waals surface area contributed by atoms with E-state index in [2.05, 4.69) is 17.1 Å². The number of carbonyl (C=O) groups is 1. The van der Waals surface area contributed by atoms with Gasteiger partial charge in [0.1, 0.15) is 5.82 Å². The van der Waals surface area contributed by atoms with Crippen molar-refractivity contribution in [3.63, 3.8) is 0 Å². The Kier molecular flexibility index (Phi) is 7.26. The summed E-state index contributed by atoms with van der Waals surface area (Å²) in [5.74, 6) is 0.0819. The summed E-state index contributed by atoms with van der Waals surface area (Å²) < 4.78 is 13.5. The number of amides is 1. The number of likely N-dealkylation sites (tertiary alicyclic amines) is 1. The highest BCUT2D eigenvalue weighted by atomic mass is 35.5. The van der Waals surface area contributed by atoms with Crippen molar-refractivity contribution in [2.45, 2.75) is 32.7 Å². The Morgan fingerprint density at radius 3 is 2.86 bits per heavy atom. The first-order valence-corrected chi connectivity index (χ1v) is 7.51. The fourth-order valence-corrected chi connectivity index (χ4v) is 2.97. The summed E-state index contributed by atoms with van der Waals surface area (Å²) in [7, 11) is 0. The summed E-state index contributed by atoms with van der Waals surface area (Å²) in [5, 5.41) is 2.76. The lowest BCUT2D eigenvalue weighted by atomic mass is 9.91. The number of piperidine rings is 1. The second-order valence-corrected chi connectivity index (χ2v) is 5.91. The first-order chi connectivity index (χ1) is 10.0. The maximum absolute atomic E-state index is 13.5. The third-order valence-corrected chi connectivity index (χ3v) is 4.27. The molecule has 0 bridgehead atoms. The molecule has 1 fully saturated rings. The van der Waals surface area contributed by atoms with E-state index in [-0.39, 0.29) is 30.2 Å². The lowest BCUT2D eigenvalue weighted by Gasteiger charge is -2.38. The highest BCUT2D eigenvalue weighted by molar-refractivity contribution is 5.92. The quantitative estimate of drug-likeness (QED) is 0.892. The molecule has 124 valence electrons. The van der Waals surface area contributed by atoms with Crippen molar-refractivity contribution in [2.75, 3.05) is 25.0 Å². The van der Waals surface area contributed by atoms with Crippen molar-refractivity contribution in [3.8, 4) is 0 Å². The van der Waals surface area contributed by atoms with Crippen LogP contribution in [0.3, 0.4) is 0 Å². The molecule has 2 unspecified atom stereocenters. The van der Waals surface area contributed by atoms with Crippen LogP contribution in [-0.4, -0.2) is 36.5 Å². The number of rotatable bonds is 4. The third-order valence-electron chi connectivity index (χ3n) is 4.27. The molecular weight excluding hydrogens is 305 g/mol. The molecule has 1 aromatic carbocycles. The number of aryl methyl sites for hydroxylation is 1. The van der Waals surface area contributed by atoms with Gasteiger partial charge in [0.05, 0.1) is 6.54 Å². The van der Waals surface area contributed by atoms with Gasteiger partial charge >= 0.3 is 0 Å². The van der Waals surface area contributed by atoms with E-state index in [1.54, 1.807) is 19.1 Å². The zero-order valence-electron chi connectivity index (χ0n) is 13.1. The van der Waals surface area contributed by atoms with Gasteiger partial charge in [0.15, 0.2) is 0 Å². The number of hydrogen-bond donors (Lipinski definition) is 2. The van der Waals surface area contributed by atoms with E-state index in [4.69, 9.17) is 5.73 Å². The van der Waals surface area contributed by atoms with Crippen molar-refractivity contribution >= 4 is 24.0 Å². The Morgan fingerprint density at radius 1 is 1.50 bits per heavy atom. The smallest absolute Gasteiger partial charge is 0.238 e. The molecule has 0 radical (unpaired) electrons. The Labute approximate surface area is 137 Å². The van der Waals surface area contributed by atoms with Gasteiger partial charge in [-0.15, -0.1) is 12.4 Å². The van der Waals surface area contributed by atoms with Crippen LogP contribution in [0, 0.1) is 18.7 Å². The summed E-state index contributed by atoms with van der Waals surface area (Å²) in [6.45, 7) is 5.63. The first kappa shape index (κ1) is 18.9. The molecule has 1 saturated heterocycles. The van der Waals surface area contributed by atoms with E-state index in [0.717, 1.165) is 19.4 Å². The van der Waals surface area contributed by atoms with Crippen LogP contribution in [0.2, 0.25) is 0 Å². The van der Waals surface area contributed by atoms with Crippen LogP contribution in [0.15, 0.2) is 18.2 Å². The van der Waals surface area contributed by atoms with Gasteiger partial charge in [0.25, 0.3) is 0 Å². The van der Waals surface area contributed by atoms with E-state index < -0.39 is 0 Å². The average Bonchev–Trinajstić information content (AvgIpc) is 2.43. The molecule has 1 aliphatic rings. The molecule has 1 heterocycles. The van der Waals surface area contributed by atoms with Gasteiger partial charge in [-0.1, -0.05) is 13.0 Å². The molecule has 1 aliphatic heterocycles. The number of benzene rings is 1. The fourth-order valence-electron chi connectivity index (χ4n) is 2.97. The Hall–Kier alpha value is -1.17. The zero-order valence-corrected chi connectivity index (χ0v) is 14.0. The summed E-state index contributed by atoms with van der Waals surface area (Å²) in [5.41, 5.74) is 6.89. The Morgan fingerprint density at radius 2 is 2.23 bits per heavy atom. The van der Waals surface area contributed by atoms with Crippen LogP contribution in [-0.2, 0) is 4.79 Å². The summed E-state index contributed by atoms with van der Waals surface area (Å²) in [6, 6.07) is 4.98. The lowest BCUT2D eigenvalue weighted by Crippen LogP contribution is -2.51. The normalized spacial score (nSPS) is 22.0. The van der Waals surface area contributed by atoms with Crippen LogP contribution in [0.4, 0.5) is 10.1 Å². The summed E-state index contributed by atoms with van der Waals surface area (Å²) in [6.07, 6.45) is 2.24. The second-order valence-electron chi connectivity index (χ2n) is 5.91. The van der Waals surface area contributed by atoms with Gasteiger partial charge < -0.3 is 11.1 Å². The number of anilines is 1. The molecule has 1 amide bonds. The molecule has 0 aromatic heterocycles. The highest BCUT2D eigenvalue weighted by Crippen LogP contribution is 2.22. The minimum Gasteiger partial charge on any atom is -0.329 e. The number of halogens is 2. The molecule has 0 spiro atoms. The predicted molar refractivity (Wildman–Crippen MR) is 89.8 cm³/mol.